The number of hydrogen-bond donors (Lipinski definition) is 2. The fraction of sp³-hybridized carbons (Fsp3) is 0.304. The molecular weight excluding hydrogens is 368 g/mol. The number of carbonyl (C=O) groups excluding carboxylic acids is 1. The molecule has 6 heteroatoms. The first kappa shape index (κ1) is 22.0. The highest BCUT2D eigenvalue weighted by Gasteiger charge is 2.10. The first-order valence-corrected chi connectivity index (χ1v) is 9.61. The summed E-state index contributed by atoms with van der Waals surface area (Å²) in [5.41, 5.74) is 6.06. The van der Waals surface area contributed by atoms with Gasteiger partial charge in [0.1, 0.15) is 5.75 Å². The van der Waals surface area contributed by atoms with Crippen LogP contribution in [-0.4, -0.2) is 30.4 Å². The van der Waals surface area contributed by atoms with E-state index in [9.17, 15) is 9.90 Å². The lowest BCUT2D eigenvalue weighted by Gasteiger charge is -2.11. The summed E-state index contributed by atoms with van der Waals surface area (Å²) in [7, 11) is 0. The third-order valence-electron chi connectivity index (χ3n) is 4.13. The molecule has 0 spiro atoms. The molecule has 154 valence electrons. The highest BCUT2D eigenvalue weighted by Crippen LogP contribution is 2.31. The van der Waals surface area contributed by atoms with E-state index in [0.717, 1.165) is 17.5 Å². The Labute approximate surface area is 171 Å². The van der Waals surface area contributed by atoms with E-state index in [-0.39, 0.29) is 18.3 Å². The van der Waals surface area contributed by atoms with Crippen molar-refractivity contribution in [2.75, 3.05) is 13.2 Å². The number of hydrazone groups is 1. The number of carbonyl (C=O) groups is 1. The van der Waals surface area contributed by atoms with Crippen LogP contribution in [0, 0.1) is 6.92 Å². The van der Waals surface area contributed by atoms with Crippen molar-refractivity contribution < 1.29 is 19.4 Å². The van der Waals surface area contributed by atoms with Crippen LogP contribution in [0.3, 0.4) is 0 Å². The van der Waals surface area contributed by atoms with Crippen LogP contribution in [0.4, 0.5) is 0 Å². The van der Waals surface area contributed by atoms with Gasteiger partial charge in [0.2, 0.25) is 0 Å². The molecule has 0 atom stereocenters. The van der Waals surface area contributed by atoms with Gasteiger partial charge >= 0.3 is 0 Å². The van der Waals surface area contributed by atoms with Gasteiger partial charge in [-0.25, -0.2) is 5.43 Å². The Morgan fingerprint density at radius 1 is 1.21 bits per heavy atom. The van der Waals surface area contributed by atoms with Crippen molar-refractivity contribution in [2.24, 2.45) is 5.10 Å². The van der Waals surface area contributed by atoms with Crippen LogP contribution in [-0.2, 0) is 17.6 Å². The predicted molar refractivity (Wildman–Crippen MR) is 115 cm³/mol. The number of aromatic hydroxyl groups is 1. The van der Waals surface area contributed by atoms with Gasteiger partial charge in [0.15, 0.2) is 18.1 Å². The fourth-order valence-corrected chi connectivity index (χ4v) is 2.81. The van der Waals surface area contributed by atoms with Crippen LogP contribution < -0.4 is 14.9 Å². The lowest BCUT2D eigenvalue weighted by atomic mass is 10.1. The predicted octanol–water partition coefficient (Wildman–Crippen LogP) is 3.92. The quantitative estimate of drug-likeness (QED) is 0.362. The Bertz CT molecular complexity index is 891. The standard InChI is InChI=1S/C23H28N2O4/c1-5-8-19-11-18(13-21(23(19)27)28-7-3)14-24-25-22(26)15-29-20-10-16(4)9-17(6-2)12-20/h5,9-14,27H,1,6-8,15H2,2-4H3,(H,25,26)/b24-14+. The minimum atomic E-state index is -0.365. The number of phenolic OH excluding ortho intramolecular Hbond substituents is 1. The topological polar surface area (TPSA) is 80.2 Å². The first-order valence-electron chi connectivity index (χ1n) is 9.61. The summed E-state index contributed by atoms with van der Waals surface area (Å²) in [6.07, 6.45) is 4.58. The lowest BCUT2D eigenvalue weighted by molar-refractivity contribution is -0.123. The van der Waals surface area contributed by atoms with Crippen molar-refractivity contribution >= 4 is 12.1 Å². The van der Waals surface area contributed by atoms with E-state index in [1.807, 2.05) is 26.0 Å². The molecule has 2 aromatic carbocycles. The minimum Gasteiger partial charge on any atom is -0.504 e. The average molecular weight is 396 g/mol. The van der Waals surface area contributed by atoms with Gasteiger partial charge in [-0.2, -0.15) is 5.10 Å². The second-order valence-electron chi connectivity index (χ2n) is 6.54. The van der Waals surface area contributed by atoms with E-state index in [4.69, 9.17) is 9.47 Å². The van der Waals surface area contributed by atoms with E-state index in [0.29, 0.717) is 35.7 Å². The number of nitrogens with one attached hydrogen (secondary N) is 1. The van der Waals surface area contributed by atoms with E-state index < -0.39 is 0 Å². The van der Waals surface area contributed by atoms with Gasteiger partial charge in [0.25, 0.3) is 5.91 Å². The van der Waals surface area contributed by atoms with Gasteiger partial charge in [-0.05, 0) is 67.6 Å². The summed E-state index contributed by atoms with van der Waals surface area (Å²) in [6, 6.07) is 9.34. The molecule has 0 aliphatic rings. The number of rotatable bonds is 10. The number of aryl methyl sites for hydroxylation is 2. The molecule has 0 fully saturated rings. The Kier molecular flexibility index (Phi) is 8.27. The molecule has 6 nitrogen and oxygen atoms in total. The van der Waals surface area contributed by atoms with Gasteiger partial charge in [-0.3, -0.25) is 4.79 Å². The molecule has 0 heterocycles. The zero-order chi connectivity index (χ0) is 21.2. The zero-order valence-electron chi connectivity index (χ0n) is 17.2. The van der Waals surface area contributed by atoms with E-state index in [1.54, 1.807) is 18.2 Å². The van der Waals surface area contributed by atoms with Crippen molar-refractivity contribution in [3.8, 4) is 17.2 Å². The SMILES string of the molecule is C=CCc1cc(/C=N/NC(=O)COc2cc(C)cc(CC)c2)cc(OCC)c1O. The fourth-order valence-electron chi connectivity index (χ4n) is 2.81. The number of ether oxygens (including phenoxy) is 2. The highest BCUT2D eigenvalue weighted by molar-refractivity contribution is 5.84. The van der Waals surface area contributed by atoms with Crippen LogP contribution in [0.1, 0.15) is 36.1 Å². The van der Waals surface area contributed by atoms with Crippen molar-refractivity contribution in [2.45, 2.75) is 33.6 Å². The molecule has 29 heavy (non-hydrogen) atoms. The van der Waals surface area contributed by atoms with Gasteiger partial charge in [-0.1, -0.05) is 19.1 Å². The van der Waals surface area contributed by atoms with E-state index >= 15 is 0 Å². The van der Waals surface area contributed by atoms with Crippen LogP contribution in [0.15, 0.2) is 48.1 Å². The summed E-state index contributed by atoms with van der Waals surface area (Å²) in [5, 5.41) is 14.2. The third kappa shape index (κ3) is 6.68. The second kappa shape index (κ2) is 10.9. The largest absolute Gasteiger partial charge is 0.504 e. The Morgan fingerprint density at radius 2 is 2.00 bits per heavy atom. The number of allylic oxidation sites excluding steroid dienone is 1. The molecule has 0 aliphatic carbocycles. The summed E-state index contributed by atoms with van der Waals surface area (Å²) in [5.74, 6) is 0.756. The van der Waals surface area contributed by atoms with E-state index in [2.05, 4.69) is 30.1 Å². The Morgan fingerprint density at radius 3 is 2.69 bits per heavy atom. The van der Waals surface area contributed by atoms with Crippen LogP contribution in [0.5, 0.6) is 17.2 Å². The molecule has 0 saturated carbocycles. The van der Waals surface area contributed by atoms with E-state index in [1.165, 1.54) is 6.21 Å². The average Bonchev–Trinajstić information content (AvgIpc) is 2.69. The molecule has 1 amide bonds. The molecular formula is C23H28N2O4. The Hall–Kier alpha value is -3.28. The minimum absolute atomic E-state index is 0.0888. The van der Waals surface area contributed by atoms with Gasteiger partial charge in [0, 0.05) is 5.56 Å². The summed E-state index contributed by atoms with van der Waals surface area (Å²) in [6.45, 7) is 9.88. The molecule has 2 aromatic rings. The monoisotopic (exact) mass is 396 g/mol. The highest BCUT2D eigenvalue weighted by atomic mass is 16.5. The maximum atomic E-state index is 12.0. The number of hydrogen-bond acceptors (Lipinski definition) is 5. The molecule has 0 unspecified atom stereocenters. The second-order valence-corrected chi connectivity index (χ2v) is 6.54. The molecule has 0 saturated heterocycles. The molecule has 0 radical (unpaired) electrons. The third-order valence-corrected chi connectivity index (χ3v) is 4.13. The van der Waals surface area contributed by atoms with Crippen LogP contribution in [0.2, 0.25) is 0 Å². The van der Waals surface area contributed by atoms with Crippen molar-refractivity contribution in [1.82, 2.24) is 5.43 Å². The van der Waals surface area contributed by atoms with Crippen molar-refractivity contribution in [3.05, 3.63) is 65.2 Å². The van der Waals surface area contributed by atoms with Gasteiger partial charge in [0.05, 0.1) is 12.8 Å². The number of phenols is 1. The Balaban J connectivity index is 1.99. The molecule has 0 aliphatic heterocycles. The molecule has 2 rings (SSSR count). The number of benzene rings is 2. The molecule has 0 bridgehead atoms. The van der Waals surface area contributed by atoms with Gasteiger partial charge < -0.3 is 14.6 Å². The van der Waals surface area contributed by atoms with Crippen molar-refractivity contribution in [3.63, 3.8) is 0 Å². The van der Waals surface area contributed by atoms with Crippen LogP contribution in [0.25, 0.3) is 0 Å². The van der Waals surface area contributed by atoms with Gasteiger partial charge in [-0.15, -0.1) is 6.58 Å². The molecule has 2 N–H and O–H groups in total. The number of nitrogens with zero attached hydrogens (tertiary/aromatic N) is 1. The normalized spacial score (nSPS) is 10.7. The van der Waals surface area contributed by atoms with Crippen LogP contribution >= 0.6 is 0 Å². The smallest absolute Gasteiger partial charge is 0.277 e. The summed E-state index contributed by atoms with van der Waals surface area (Å²) < 4.78 is 11.0. The molecule has 0 aromatic heterocycles. The zero-order valence-corrected chi connectivity index (χ0v) is 17.2. The summed E-state index contributed by atoms with van der Waals surface area (Å²) >= 11 is 0. The maximum absolute atomic E-state index is 12.0. The van der Waals surface area contributed by atoms with Crippen molar-refractivity contribution in [1.29, 1.82) is 0 Å². The lowest BCUT2D eigenvalue weighted by Crippen LogP contribution is -2.24. The number of amides is 1. The summed E-state index contributed by atoms with van der Waals surface area (Å²) in [4.78, 5) is 12.0. The maximum Gasteiger partial charge on any atom is 0.277 e. The first-order chi connectivity index (χ1) is 14.0.